The van der Waals surface area contributed by atoms with Crippen LogP contribution in [-0.2, 0) is 13.0 Å². The first-order valence-electron chi connectivity index (χ1n) is 8.36. The minimum absolute atomic E-state index is 0.208. The average molecular weight is 458 g/mol. The topological polar surface area (TPSA) is 51.2 Å². The van der Waals surface area contributed by atoms with E-state index in [-0.39, 0.29) is 5.91 Å². The normalized spacial score (nSPS) is 10.3. The van der Waals surface area contributed by atoms with Crippen molar-refractivity contribution in [3.63, 3.8) is 0 Å². The number of alkyl halides is 1. The van der Waals surface area contributed by atoms with Crippen molar-refractivity contribution in [3.05, 3.63) is 89.6 Å². The van der Waals surface area contributed by atoms with Gasteiger partial charge in [0.2, 0.25) is 5.88 Å². The number of halogens is 1. The number of ether oxygens (including phenoxy) is 1. The van der Waals surface area contributed by atoms with E-state index >= 15 is 0 Å². The Morgan fingerprint density at radius 3 is 2.42 bits per heavy atom. The van der Waals surface area contributed by atoms with Gasteiger partial charge in [0.05, 0.1) is 0 Å². The summed E-state index contributed by atoms with van der Waals surface area (Å²) in [6.07, 6.45) is 2.67. The summed E-state index contributed by atoms with van der Waals surface area (Å²) in [7, 11) is 0. The third kappa shape index (κ3) is 5.05. The molecular weight excluding hydrogens is 439 g/mol. The number of carbonyl (C=O) groups is 1. The van der Waals surface area contributed by atoms with Crippen LogP contribution < -0.4 is 10.1 Å². The second-order valence-corrected chi connectivity index (χ2v) is 6.79. The van der Waals surface area contributed by atoms with Crippen molar-refractivity contribution in [2.24, 2.45) is 0 Å². The van der Waals surface area contributed by atoms with Gasteiger partial charge in [0.1, 0.15) is 11.3 Å². The Hall–Kier alpha value is -2.41. The Morgan fingerprint density at radius 1 is 0.962 bits per heavy atom. The van der Waals surface area contributed by atoms with E-state index in [1.165, 1.54) is 5.56 Å². The molecule has 1 N–H and O–H groups in total. The number of hydrogen-bond acceptors (Lipinski definition) is 3. The zero-order chi connectivity index (χ0) is 18.2. The third-order valence-electron chi connectivity index (χ3n) is 3.83. The average Bonchev–Trinajstić information content (AvgIpc) is 2.69. The zero-order valence-electron chi connectivity index (χ0n) is 14.2. The molecule has 3 aromatic rings. The maximum atomic E-state index is 12.6. The van der Waals surface area contributed by atoms with Gasteiger partial charge in [0.25, 0.3) is 5.91 Å². The number of amides is 1. The maximum absolute atomic E-state index is 12.6. The van der Waals surface area contributed by atoms with E-state index in [1.807, 2.05) is 42.5 Å². The van der Waals surface area contributed by atoms with E-state index in [0.29, 0.717) is 23.7 Å². The van der Waals surface area contributed by atoms with Crippen molar-refractivity contribution >= 4 is 28.5 Å². The molecule has 0 aliphatic rings. The summed E-state index contributed by atoms with van der Waals surface area (Å²) in [5.41, 5.74) is 2.78. The minimum Gasteiger partial charge on any atom is -0.438 e. The Morgan fingerprint density at radius 2 is 1.69 bits per heavy atom. The van der Waals surface area contributed by atoms with Crippen molar-refractivity contribution in [2.75, 3.05) is 4.43 Å². The highest BCUT2D eigenvalue weighted by atomic mass is 127. The van der Waals surface area contributed by atoms with E-state index in [0.717, 1.165) is 16.4 Å². The molecule has 0 saturated heterocycles. The van der Waals surface area contributed by atoms with Gasteiger partial charge in [-0.05, 0) is 41.8 Å². The lowest BCUT2D eigenvalue weighted by molar-refractivity contribution is 0.0948. The molecule has 1 aromatic heterocycles. The highest BCUT2D eigenvalue weighted by Crippen LogP contribution is 2.22. The van der Waals surface area contributed by atoms with Crippen molar-refractivity contribution in [2.45, 2.75) is 13.0 Å². The van der Waals surface area contributed by atoms with Gasteiger partial charge in [-0.2, -0.15) is 0 Å². The molecule has 0 atom stereocenters. The van der Waals surface area contributed by atoms with E-state index in [9.17, 15) is 4.79 Å². The Balaban J connectivity index is 1.66. The molecule has 1 amide bonds. The number of rotatable bonds is 7. The molecule has 26 heavy (non-hydrogen) atoms. The molecular formula is C21H19IN2O2. The number of nitrogens with zero attached hydrogens (tertiary/aromatic N) is 1. The summed E-state index contributed by atoms with van der Waals surface area (Å²) >= 11 is 2.37. The Kier molecular flexibility index (Phi) is 6.60. The number of pyridine rings is 1. The first kappa shape index (κ1) is 18.4. The van der Waals surface area contributed by atoms with Crippen LogP contribution in [0, 0.1) is 0 Å². The van der Waals surface area contributed by atoms with Crippen molar-refractivity contribution in [1.29, 1.82) is 0 Å². The zero-order valence-corrected chi connectivity index (χ0v) is 16.3. The van der Waals surface area contributed by atoms with Crippen LogP contribution in [-0.4, -0.2) is 15.3 Å². The summed E-state index contributed by atoms with van der Waals surface area (Å²) in [6, 6.07) is 21.1. The minimum atomic E-state index is -0.208. The highest BCUT2D eigenvalue weighted by molar-refractivity contribution is 14.1. The summed E-state index contributed by atoms with van der Waals surface area (Å²) in [4.78, 5) is 16.8. The monoisotopic (exact) mass is 458 g/mol. The van der Waals surface area contributed by atoms with Gasteiger partial charge in [0, 0.05) is 17.2 Å². The van der Waals surface area contributed by atoms with E-state index in [1.54, 1.807) is 18.3 Å². The second-order valence-electron chi connectivity index (χ2n) is 5.71. The molecule has 0 unspecified atom stereocenters. The Labute approximate surface area is 166 Å². The maximum Gasteiger partial charge on any atom is 0.257 e. The van der Waals surface area contributed by atoms with Gasteiger partial charge >= 0.3 is 0 Å². The SMILES string of the molecule is O=C(NCc1ccc(CCI)cc1)c1cccnc1Oc1ccccc1. The fraction of sp³-hybridized carbons (Fsp3) is 0.143. The standard InChI is InChI=1S/C21H19IN2O2/c22-13-12-16-8-10-17(11-9-16)15-24-20(25)19-7-4-14-23-21(19)26-18-5-2-1-3-6-18/h1-11,14H,12-13,15H2,(H,24,25). The van der Waals surface area contributed by atoms with Crippen LogP contribution in [0.5, 0.6) is 11.6 Å². The molecule has 2 aromatic carbocycles. The van der Waals surface area contributed by atoms with Gasteiger partial charge in [-0.25, -0.2) is 4.98 Å². The number of nitrogens with one attached hydrogen (secondary N) is 1. The van der Waals surface area contributed by atoms with Crippen LogP contribution in [0.1, 0.15) is 21.5 Å². The smallest absolute Gasteiger partial charge is 0.257 e. The third-order valence-corrected chi connectivity index (χ3v) is 4.37. The van der Waals surface area contributed by atoms with Crippen LogP contribution in [0.25, 0.3) is 0 Å². The molecule has 0 aliphatic carbocycles. The van der Waals surface area contributed by atoms with Crippen molar-refractivity contribution < 1.29 is 9.53 Å². The second kappa shape index (κ2) is 9.33. The molecule has 0 aliphatic heterocycles. The largest absolute Gasteiger partial charge is 0.438 e. The molecule has 0 fully saturated rings. The molecule has 1 heterocycles. The lowest BCUT2D eigenvalue weighted by Gasteiger charge is -2.10. The summed E-state index contributed by atoms with van der Waals surface area (Å²) < 4.78 is 6.85. The molecule has 132 valence electrons. The predicted molar refractivity (Wildman–Crippen MR) is 111 cm³/mol. The highest BCUT2D eigenvalue weighted by Gasteiger charge is 2.14. The molecule has 0 bridgehead atoms. The molecule has 4 nitrogen and oxygen atoms in total. The van der Waals surface area contributed by atoms with E-state index in [2.05, 4.69) is 45.0 Å². The lowest BCUT2D eigenvalue weighted by atomic mass is 10.1. The number of para-hydroxylation sites is 1. The van der Waals surface area contributed by atoms with Crippen LogP contribution in [0.15, 0.2) is 72.9 Å². The molecule has 3 rings (SSSR count). The fourth-order valence-electron chi connectivity index (χ4n) is 2.46. The number of hydrogen-bond donors (Lipinski definition) is 1. The molecule has 5 heteroatoms. The Bertz CT molecular complexity index is 851. The van der Waals surface area contributed by atoms with Crippen molar-refractivity contribution in [3.8, 4) is 11.6 Å². The van der Waals surface area contributed by atoms with Gasteiger partial charge in [-0.3, -0.25) is 4.79 Å². The summed E-state index contributed by atoms with van der Waals surface area (Å²) in [6.45, 7) is 0.461. The van der Waals surface area contributed by atoms with Crippen LogP contribution in [0.4, 0.5) is 0 Å². The molecule has 0 radical (unpaired) electrons. The first-order chi connectivity index (χ1) is 12.8. The van der Waals surface area contributed by atoms with Gasteiger partial charge < -0.3 is 10.1 Å². The molecule has 0 spiro atoms. The van der Waals surface area contributed by atoms with Gasteiger partial charge in [-0.15, -0.1) is 0 Å². The summed E-state index contributed by atoms with van der Waals surface area (Å²) in [5, 5.41) is 2.93. The van der Waals surface area contributed by atoms with Crippen LogP contribution in [0.2, 0.25) is 0 Å². The molecule has 0 saturated carbocycles. The van der Waals surface area contributed by atoms with E-state index < -0.39 is 0 Å². The quantitative estimate of drug-likeness (QED) is 0.410. The number of benzene rings is 2. The lowest BCUT2D eigenvalue weighted by Crippen LogP contribution is -2.23. The number of aryl methyl sites for hydroxylation is 1. The first-order valence-corrected chi connectivity index (χ1v) is 9.89. The van der Waals surface area contributed by atoms with E-state index in [4.69, 9.17) is 4.74 Å². The number of carbonyl (C=O) groups excluding carboxylic acids is 1. The number of aromatic nitrogens is 1. The van der Waals surface area contributed by atoms with Crippen molar-refractivity contribution in [1.82, 2.24) is 10.3 Å². The van der Waals surface area contributed by atoms with Crippen LogP contribution in [0.3, 0.4) is 0 Å². The van der Waals surface area contributed by atoms with Gasteiger partial charge in [0.15, 0.2) is 0 Å². The van der Waals surface area contributed by atoms with Gasteiger partial charge in [-0.1, -0.05) is 65.1 Å². The van der Waals surface area contributed by atoms with Crippen LogP contribution >= 0.6 is 22.6 Å². The fourth-order valence-corrected chi connectivity index (χ4v) is 3.08. The summed E-state index contributed by atoms with van der Waals surface area (Å²) in [5.74, 6) is 0.736. The predicted octanol–water partition coefficient (Wildman–Crippen LogP) is 4.78.